The molecule has 1 aliphatic carbocycles. The molecule has 1 amide bonds. The molecule has 1 saturated heterocycles. The molecule has 0 aromatic heterocycles. The van der Waals surface area contributed by atoms with Crippen LogP contribution in [0.15, 0.2) is 60.7 Å². The summed E-state index contributed by atoms with van der Waals surface area (Å²) in [5.41, 5.74) is 4.56. The summed E-state index contributed by atoms with van der Waals surface area (Å²) in [4.78, 5) is 35.6. The van der Waals surface area contributed by atoms with Crippen molar-refractivity contribution in [3.63, 3.8) is 0 Å². The molecule has 0 radical (unpaired) electrons. The number of fused-ring (bicyclic) bond motifs is 1. The number of hydrogen-bond donors (Lipinski definition) is 0. The number of benzene rings is 3. The fourth-order valence-corrected chi connectivity index (χ4v) is 8.86. The Morgan fingerprint density at radius 1 is 0.911 bits per heavy atom. The maximum absolute atomic E-state index is 14.0. The van der Waals surface area contributed by atoms with Gasteiger partial charge in [0.2, 0.25) is 5.91 Å². The molecule has 3 aromatic carbocycles. The minimum absolute atomic E-state index is 0.0284. The van der Waals surface area contributed by atoms with Gasteiger partial charge in [0.05, 0.1) is 25.7 Å². The van der Waals surface area contributed by atoms with Gasteiger partial charge in [0.1, 0.15) is 5.60 Å². The zero-order chi connectivity index (χ0) is 40.0. The highest BCUT2D eigenvalue weighted by Crippen LogP contribution is 2.44. The minimum Gasteiger partial charge on any atom is -0.493 e. The number of hydrogen-bond acceptors (Lipinski definition) is 8. The summed E-state index contributed by atoms with van der Waals surface area (Å²) in [6.45, 7) is 16.4. The van der Waals surface area contributed by atoms with E-state index in [0.717, 1.165) is 80.2 Å². The van der Waals surface area contributed by atoms with Gasteiger partial charge in [-0.15, -0.1) is 0 Å². The van der Waals surface area contributed by atoms with E-state index in [1.807, 2.05) is 75.9 Å². The second kappa shape index (κ2) is 18.6. The van der Waals surface area contributed by atoms with Crippen molar-refractivity contribution in [3.8, 4) is 11.5 Å². The molecule has 6 rings (SSSR count). The number of ether oxygens (including phenoxy) is 3. The van der Waals surface area contributed by atoms with Crippen LogP contribution < -0.4 is 19.3 Å². The van der Waals surface area contributed by atoms with Crippen molar-refractivity contribution >= 4 is 34.9 Å². The molecular formula is C46H63ClN4O5. The van der Waals surface area contributed by atoms with E-state index in [4.69, 9.17) is 25.8 Å². The quantitative estimate of drug-likeness (QED) is 0.119. The van der Waals surface area contributed by atoms with E-state index >= 15 is 0 Å². The van der Waals surface area contributed by atoms with Crippen LogP contribution in [-0.2, 0) is 20.7 Å². The Balaban J connectivity index is 1.03. The van der Waals surface area contributed by atoms with Crippen LogP contribution in [0.2, 0.25) is 5.02 Å². The van der Waals surface area contributed by atoms with Gasteiger partial charge < -0.3 is 28.9 Å². The maximum atomic E-state index is 14.0. The largest absolute Gasteiger partial charge is 0.493 e. The molecule has 3 aliphatic rings. The van der Waals surface area contributed by atoms with E-state index in [-0.39, 0.29) is 30.4 Å². The van der Waals surface area contributed by atoms with E-state index in [0.29, 0.717) is 34.9 Å². The second-order valence-electron chi connectivity index (χ2n) is 17.3. The lowest BCUT2D eigenvalue weighted by Gasteiger charge is -2.42. The van der Waals surface area contributed by atoms with Gasteiger partial charge in [-0.3, -0.25) is 14.5 Å². The van der Waals surface area contributed by atoms with E-state index in [1.54, 1.807) is 7.11 Å². The van der Waals surface area contributed by atoms with Crippen LogP contribution in [-0.4, -0.2) is 92.8 Å². The first-order valence-corrected chi connectivity index (χ1v) is 21.1. The van der Waals surface area contributed by atoms with Crippen LogP contribution in [0.3, 0.4) is 0 Å². The highest BCUT2D eigenvalue weighted by molar-refractivity contribution is 6.30. The Labute approximate surface area is 340 Å². The summed E-state index contributed by atoms with van der Waals surface area (Å²) in [6, 6.07) is 20.6. The molecule has 0 spiro atoms. The molecule has 0 bridgehead atoms. The number of anilines is 2. The molecule has 2 aliphatic heterocycles. The number of amides is 1. The Morgan fingerprint density at radius 3 is 2.21 bits per heavy atom. The summed E-state index contributed by atoms with van der Waals surface area (Å²) >= 11 is 6.32. The topological polar surface area (TPSA) is 74.8 Å². The molecule has 56 heavy (non-hydrogen) atoms. The van der Waals surface area contributed by atoms with Crippen molar-refractivity contribution in [1.29, 1.82) is 0 Å². The molecule has 3 aromatic rings. The lowest BCUT2D eigenvalue weighted by molar-refractivity contribution is -0.154. The first-order chi connectivity index (χ1) is 26.8. The smallest absolute Gasteiger partial charge is 0.306 e. The highest BCUT2D eigenvalue weighted by Gasteiger charge is 2.36. The van der Waals surface area contributed by atoms with Crippen LogP contribution in [0.4, 0.5) is 11.4 Å². The minimum atomic E-state index is -0.406. The van der Waals surface area contributed by atoms with Crippen LogP contribution in [0.25, 0.3) is 0 Å². The molecule has 1 saturated carbocycles. The van der Waals surface area contributed by atoms with E-state index < -0.39 is 5.60 Å². The van der Waals surface area contributed by atoms with Gasteiger partial charge in [0.25, 0.3) is 0 Å². The number of halogens is 1. The van der Waals surface area contributed by atoms with Gasteiger partial charge in [-0.25, -0.2) is 0 Å². The van der Waals surface area contributed by atoms with Crippen molar-refractivity contribution < 1.29 is 23.8 Å². The van der Waals surface area contributed by atoms with Crippen molar-refractivity contribution in [2.75, 3.05) is 63.2 Å². The fourth-order valence-electron chi connectivity index (χ4n) is 8.73. The summed E-state index contributed by atoms with van der Waals surface area (Å²) in [5.74, 6) is 1.91. The summed E-state index contributed by atoms with van der Waals surface area (Å²) in [7, 11) is 3.83. The van der Waals surface area contributed by atoms with Gasteiger partial charge in [-0.05, 0) is 151 Å². The summed E-state index contributed by atoms with van der Waals surface area (Å²) < 4.78 is 17.3. The lowest BCUT2D eigenvalue weighted by Crippen LogP contribution is -2.51. The standard InChI is InChI=1S/C46H63ClN4O5/c1-32(2)55-42-30-40-35(28-41(42)54-7)29-43(52)51(45(40)34-13-15-36(47)16-14-34)39-21-19-37(20-22-39)48(6)31-33-11-17-38(18-12-33)50-26-24-49(25-27-50)23-9-8-10-44(53)56-46(3,4)5/h13-16,19-22,28,30,32-33,38,45H,8-12,17-18,23-27,29,31H2,1-7H3/t33?,38?,45-/m0/s1. The van der Waals surface area contributed by atoms with Crippen molar-refractivity contribution in [2.45, 2.75) is 110 Å². The molecule has 2 fully saturated rings. The van der Waals surface area contributed by atoms with E-state index in [1.165, 1.54) is 25.7 Å². The number of rotatable bonds is 14. The number of nitrogens with zero attached hydrogens (tertiary/aromatic N) is 4. The molecule has 1 atom stereocenters. The summed E-state index contributed by atoms with van der Waals surface area (Å²) in [5, 5.41) is 0.654. The average molecular weight is 787 g/mol. The first-order valence-electron chi connectivity index (χ1n) is 20.7. The van der Waals surface area contributed by atoms with Crippen molar-refractivity contribution in [3.05, 3.63) is 82.4 Å². The Hall–Kier alpha value is -3.79. The zero-order valence-electron chi connectivity index (χ0n) is 34.7. The molecule has 304 valence electrons. The number of carbonyl (C=O) groups excluding carboxylic acids is 2. The number of unbranched alkanes of at least 4 members (excludes halogenated alkanes) is 1. The number of carbonyl (C=O) groups is 2. The number of esters is 1. The Bertz CT molecular complexity index is 1760. The fraction of sp³-hybridized carbons (Fsp3) is 0.565. The van der Waals surface area contributed by atoms with Gasteiger partial charge in [-0.2, -0.15) is 0 Å². The highest BCUT2D eigenvalue weighted by atomic mass is 35.5. The van der Waals surface area contributed by atoms with Gasteiger partial charge in [0, 0.05) is 68.6 Å². The molecule has 2 heterocycles. The third kappa shape index (κ3) is 10.8. The van der Waals surface area contributed by atoms with Crippen LogP contribution in [0.1, 0.15) is 102 Å². The maximum Gasteiger partial charge on any atom is 0.306 e. The van der Waals surface area contributed by atoms with Gasteiger partial charge in [0.15, 0.2) is 11.5 Å². The molecular weight excluding hydrogens is 724 g/mol. The van der Waals surface area contributed by atoms with Crippen molar-refractivity contribution in [2.24, 2.45) is 5.92 Å². The molecule has 10 heteroatoms. The third-order valence-corrected chi connectivity index (χ3v) is 11.8. The normalized spacial score (nSPS) is 20.8. The van der Waals surface area contributed by atoms with Crippen LogP contribution in [0.5, 0.6) is 11.5 Å². The van der Waals surface area contributed by atoms with Gasteiger partial charge >= 0.3 is 5.97 Å². The zero-order valence-corrected chi connectivity index (χ0v) is 35.4. The Kier molecular flexibility index (Phi) is 13.9. The Morgan fingerprint density at radius 2 is 1.59 bits per heavy atom. The molecule has 0 N–H and O–H groups in total. The van der Waals surface area contributed by atoms with Crippen molar-refractivity contribution in [1.82, 2.24) is 9.80 Å². The average Bonchev–Trinajstić information content (AvgIpc) is 3.16. The third-order valence-electron chi connectivity index (χ3n) is 11.5. The lowest BCUT2D eigenvalue weighted by atomic mass is 9.84. The van der Waals surface area contributed by atoms with Crippen LogP contribution >= 0.6 is 11.6 Å². The van der Waals surface area contributed by atoms with Crippen LogP contribution in [0, 0.1) is 5.92 Å². The number of piperazine rings is 1. The monoisotopic (exact) mass is 786 g/mol. The summed E-state index contributed by atoms with van der Waals surface area (Å²) in [6.07, 6.45) is 7.69. The first kappa shape index (κ1) is 41.8. The predicted octanol–water partition coefficient (Wildman–Crippen LogP) is 8.94. The van der Waals surface area contributed by atoms with E-state index in [2.05, 4.69) is 46.0 Å². The van der Waals surface area contributed by atoms with Gasteiger partial charge in [-0.1, -0.05) is 23.7 Å². The molecule has 9 nitrogen and oxygen atoms in total. The number of methoxy groups -OCH3 is 1. The second-order valence-corrected chi connectivity index (χ2v) is 17.7. The SMILES string of the molecule is COc1cc2c(cc1OC(C)C)[C@H](c1ccc(Cl)cc1)N(c1ccc(N(C)CC3CCC(N4CCN(CCCCC(=O)OC(C)(C)C)CC4)CC3)cc1)C(=O)C2. The molecule has 0 unspecified atom stereocenters. The van der Waals surface area contributed by atoms with E-state index in [9.17, 15) is 9.59 Å². The predicted molar refractivity (Wildman–Crippen MR) is 226 cm³/mol.